The van der Waals surface area contributed by atoms with E-state index >= 15 is 0 Å². The lowest BCUT2D eigenvalue weighted by Gasteiger charge is -2.48. The Morgan fingerprint density at radius 1 is 1.25 bits per heavy atom. The van der Waals surface area contributed by atoms with E-state index in [-0.39, 0.29) is 12.6 Å². The number of ether oxygens (including phenoxy) is 1. The molecule has 2 amide bonds. The van der Waals surface area contributed by atoms with Crippen molar-refractivity contribution in [3.05, 3.63) is 0 Å². The summed E-state index contributed by atoms with van der Waals surface area (Å²) in [5.41, 5.74) is -0.507. The molecule has 2 aliphatic heterocycles. The van der Waals surface area contributed by atoms with Crippen LogP contribution in [0.5, 0.6) is 0 Å². The maximum Gasteiger partial charge on any atom is 0.329 e. The topological polar surface area (TPSA) is 70.1 Å². The number of rotatable bonds is 3. The number of aliphatic carboxylic acids is 1. The van der Waals surface area contributed by atoms with Crippen LogP contribution in [-0.4, -0.2) is 65.3 Å². The number of carbonyl (C=O) groups is 2. The normalized spacial score (nSPS) is 25.8. The zero-order valence-corrected chi connectivity index (χ0v) is 12.3. The highest BCUT2D eigenvalue weighted by Crippen LogP contribution is 2.27. The molecule has 20 heavy (non-hydrogen) atoms. The van der Waals surface area contributed by atoms with E-state index < -0.39 is 11.6 Å². The lowest BCUT2D eigenvalue weighted by molar-refractivity contribution is -0.160. The van der Waals surface area contributed by atoms with Crippen molar-refractivity contribution in [1.82, 2.24) is 9.80 Å². The summed E-state index contributed by atoms with van der Waals surface area (Å²) < 4.78 is 5.32. The Morgan fingerprint density at radius 3 is 2.60 bits per heavy atom. The van der Waals surface area contributed by atoms with E-state index in [0.29, 0.717) is 19.0 Å². The first-order valence-electron chi connectivity index (χ1n) is 7.29. The minimum Gasteiger partial charge on any atom is -0.480 e. The molecule has 2 fully saturated rings. The van der Waals surface area contributed by atoms with E-state index in [4.69, 9.17) is 9.84 Å². The number of carbonyl (C=O) groups excluding carboxylic acids is 1. The number of nitrogens with zero attached hydrogens (tertiary/aromatic N) is 2. The summed E-state index contributed by atoms with van der Waals surface area (Å²) in [5, 5.41) is 8.62. The van der Waals surface area contributed by atoms with Gasteiger partial charge in [-0.15, -0.1) is 0 Å². The van der Waals surface area contributed by atoms with Crippen molar-refractivity contribution in [1.29, 1.82) is 0 Å². The van der Waals surface area contributed by atoms with Crippen LogP contribution >= 0.6 is 0 Å². The predicted molar refractivity (Wildman–Crippen MR) is 73.5 cm³/mol. The van der Waals surface area contributed by atoms with Gasteiger partial charge in [0.2, 0.25) is 0 Å². The van der Waals surface area contributed by atoms with E-state index in [2.05, 4.69) is 6.92 Å². The van der Waals surface area contributed by atoms with Gasteiger partial charge in [-0.1, -0.05) is 6.92 Å². The van der Waals surface area contributed by atoms with Crippen LogP contribution in [0, 0.1) is 5.92 Å². The molecule has 2 heterocycles. The molecule has 0 aromatic rings. The quantitative estimate of drug-likeness (QED) is 0.850. The molecular formula is C14H24N2O4. The Hall–Kier alpha value is -1.30. The van der Waals surface area contributed by atoms with Crippen molar-refractivity contribution in [3.8, 4) is 0 Å². The van der Waals surface area contributed by atoms with Gasteiger partial charge in [-0.2, -0.15) is 0 Å². The fourth-order valence-corrected chi connectivity index (χ4v) is 2.88. The number of hydrogen-bond donors (Lipinski definition) is 1. The second-order valence-corrected chi connectivity index (χ2v) is 6.29. The minimum absolute atomic E-state index is 0.0653. The molecule has 0 bridgehead atoms. The third kappa shape index (κ3) is 3.62. The molecule has 114 valence electrons. The number of carboxylic acids is 1. The Labute approximate surface area is 119 Å². The van der Waals surface area contributed by atoms with Gasteiger partial charge in [0.15, 0.2) is 0 Å². The number of amides is 2. The average molecular weight is 284 g/mol. The van der Waals surface area contributed by atoms with Crippen LogP contribution in [0.15, 0.2) is 0 Å². The third-order valence-electron chi connectivity index (χ3n) is 4.15. The Balaban J connectivity index is 1.79. The average Bonchev–Trinajstić information content (AvgIpc) is 2.57. The molecule has 0 aliphatic carbocycles. The van der Waals surface area contributed by atoms with Crippen molar-refractivity contribution < 1.29 is 19.4 Å². The van der Waals surface area contributed by atoms with Gasteiger partial charge in [0.25, 0.3) is 0 Å². The lowest BCUT2D eigenvalue weighted by atomic mass is 9.97. The number of hydrogen-bond acceptors (Lipinski definition) is 3. The summed E-state index contributed by atoms with van der Waals surface area (Å²) in [4.78, 5) is 26.5. The second kappa shape index (κ2) is 5.99. The highest BCUT2D eigenvalue weighted by molar-refractivity contribution is 5.76. The van der Waals surface area contributed by atoms with Crippen LogP contribution in [0.2, 0.25) is 0 Å². The summed E-state index contributed by atoms with van der Waals surface area (Å²) in [5.74, 6) is -0.286. The van der Waals surface area contributed by atoms with Crippen LogP contribution in [0.1, 0.15) is 33.1 Å². The summed E-state index contributed by atoms with van der Waals surface area (Å²) in [6, 6.07) is 0.0653. The smallest absolute Gasteiger partial charge is 0.329 e. The lowest BCUT2D eigenvalue weighted by Crippen LogP contribution is -2.65. The van der Waals surface area contributed by atoms with Gasteiger partial charge in [0.1, 0.15) is 12.2 Å². The first kappa shape index (κ1) is 15.1. The van der Waals surface area contributed by atoms with E-state index in [9.17, 15) is 9.59 Å². The van der Waals surface area contributed by atoms with Gasteiger partial charge in [-0.05, 0) is 32.1 Å². The molecule has 1 atom stereocenters. The van der Waals surface area contributed by atoms with Gasteiger partial charge >= 0.3 is 12.0 Å². The SMILES string of the molecule is CC1CCCN(C(=O)N2CC(C)(OCC(=O)O)C2)CC1. The zero-order valence-electron chi connectivity index (χ0n) is 12.3. The van der Waals surface area contributed by atoms with Crippen LogP contribution in [0.4, 0.5) is 4.79 Å². The molecule has 1 unspecified atom stereocenters. The number of carboxylic acid groups (broad SMARTS) is 1. The molecule has 6 nitrogen and oxygen atoms in total. The van der Waals surface area contributed by atoms with Crippen molar-refractivity contribution in [3.63, 3.8) is 0 Å². The first-order valence-corrected chi connectivity index (χ1v) is 7.29. The third-order valence-corrected chi connectivity index (χ3v) is 4.15. The molecule has 1 N–H and O–H groups in total. The van der Waals surface area contributed by atoms with Crippen molar-refractivity contribution in [2.24, 2.45) is 5.92 Å². The summed E-state index contributed by atoms with van der Waals surface area (Å²) in [7, 11) is 0. The van der Waals surface area contributed by atoms with Crippen LogP contribution < -0.4 is 0 Å². The van der Waals surface area contributed by atoms with Gasteiger partial charge in [-0.25, -0.2) is 9.59 Å². The van der Waals surface area contributed by atoms with Gasteiger partial charge < -0.3 is 19.6 Å². The monoisotopic (exact) mass is 284 g/mol. The van der Waals surface area contributed by atoms with Gasteiger partial charge in [0.05, 0.1) is 13.1 Å². The number of urea groups is 1. The molecule has 0 aromatic heterocycles. The van der Waals surface area contributed by atoms with Gasteiger partial charge in [0, 0.05) is 13.1 Å². The molecule has 0 radical (unpaired) electrons. The van der Waals surface area contributed by atoms with Crippen LogP contribution in [0.25, 0.3) is 0 Å². The Kier molecular flexibility index (Phi) is 4.52. The largest absolute Gasteiger partial charge is 0.480 e. The van der Waals surface area contributed by atoms with E-state index in [1.165, 1.54) is 6.42 Å². The van der Waals surface area contributed by atoms with E-state index in [1.807, 2.05) is 11.8 Å². The van der Waals surface area contributed by atoms with Crippen molar-refractivity contribution in [2.75, 3.05) is 32.8 Å². The van der Waals surface area contributed by atoms with Crippen molar-refractivity contribution in [2.45, 2.75) is 38.7 Å². The standard InChI is InChI=1S/C14H24N2O4/c1-11-4-3-6-15(7-5-11)13(19)16-9-14(2,10-16)20-8-12(17)18/h11H,3-10H2,1-2H3,(H,17,18). The van der Waals surface area contributed by atoms with Crippen LogP contribution in [0.3, 0.4) is 0 Å². The van der Waals surface area contributed by atoms with Crippen LogP contribution in [-0.2, 0) is 9.53 Å². The minimum atomic E-state index is -0.975. The van der Waals surface area contributed by atoms with E-state index in [1.54, 1.807) is 4.90 Å². The summed E-state index contributed by atoms with van der Waals surface area (Å²) in [6.45, 7) is 6.38. The maximum atomic E-state index is 12.3. The zero-order chi connectivity index (χ0) is 14.8. The molecule has 0 aromatic carbocycles. The molecule has 2 rings (SSSR count). The van der Waals surface area contributed by atoms with Crippen molar-refractivity contribution >= 4 is 12.0 Å². The number of likely N-dealkylation sites (tertiary alicyclic amines) is 2. The Bertz CT molecular complexity index is 379. The fourth-order valence-electron chi connectivity index (χ4n) is 2.88. The molecular weight excluding hydrogens is 260 g/mol. The molecule has 2 saturated heterocycles. The molecule has 0 saturated carbocycles. The first-order chi connectivity index (χ1) is 9.39. The van der Waals surface area contributed by atoms with E-state index in [0.717, 1.165) is 25.9 Å². The molecule has 0 spiro atoms. The predicted octanol–water partition coefficient (Wildman–Crippen LogP) is 1.40. The Morgan fingerprint density at radius 2 is 1.95 bits per heavy atom. The summed E-state index contributed by atoms with van der Waals surface area (Å²) in [6.07, 6.45) is 3.31. The molecule has 2 aliphatic rings. The molecule has 6 heteroatoms. The highest BCUT2D eigenvalue weighted by atomic mass is 16.5. The second-order valence-electron chi connectivity index (χ2n) is 6.29. The fraction of sp³-hybridized carbons (Fsp3) is 0.857. The van der Waals surface area contributed by atoms with Gasteiger partial charge in [-0.3, -0.25) is 0 Å². The highest BCUT2D eigenvalue weighted by Gasteiger charge is 2.44. The summed E-state index contributed by atoms with van der Waals surface area (Å²) >= 11 is 0. The maximum absolute atomic E-state index is 12.3.